The number of anilines is 1. The lowest BCUT2D eigenvalue weighted by atomic mass is 10.0. The number of halogens is 1. The van der Waals surface area contributed by atoms with E-state index in [0.717, 1.165) is 49.7 Å². The lowest BCUT2D eigenvalue weighted by molar-refractivity contribution is -0.137. The van der Waals surface area contributed by atoms with Gasteiger partial charge in [0.15, 0.2) is 0 Å². The first kappa shape index (κ1) is 21.5. The molecule has 1 aliphatic rings. The van der Waals surface area contributed by atoms with E-state index in [0.29, 0.717) is 12.6 Å². The molecule has 0 aliphatic carbocycles. The molecule has 1 fully saturated rings. The van der Waals surface area contributed by atoms with Crippen molar-refractivity contribution in [1.29, 1.82) is 0 Å². The van der Waals surface area contributed by atoms with Crippen molar-refractivity contribution in [2.75, 3.05) is 38.2 Å². The summed E-state index contributed by atoms with van der Waals surface area (Å²) >= 11 is 6.10. The van der Waals surface area contributed by atoms with Crippen LogP contribution in [0.15, 0.2) is 48.5 Å². The predicted octanol–water partition coefficient (Wildman–Crippen LogP) is 4.34. The Morgan fingerprint density at radius 3 is 2.52 bits per heavy atom. The summed E-state index contributed by atoms with van der Waals surface area (Å²) in [4.78, 5) is 15.9. The largest absolute Gasteiger partial charge is 0.497 e. The molecule has 3 rings (SSSR count). The minimum absolute atomic E-state index is 0.175. The summed E-state index contributed by atoms with van der Waals surface area (Å²) in [5.41, 5.74) is 2.40. The van der Waals surface area contributed by atoms with Crippen molar-refractivity contribution in [3.8, 4) is 5.75 Å². The Hall–Kier alpha value is -2.24. The molecule has 2 aromatic carbocycles. The predicted molar refractivity (Wildman–Crippen MR) is 117 cm³/mol. The second-order valence-corrected chi connectivity index (χ2v) is 7.91. The van der Waals surface area contributed by atoms with Gasteiger partial charge >= 0.3 is 5.97 Å². The topological polar surface area (TPSA) is 53.0 Å². The van der Waals surface area contributed by atoms with Crippen LogP contribution in [-0.2, 0) is 11.2 Å². The Morgan fingerprint density at radius 1 is 1.17 bits per heavy atom. The van der Waals surface area contributed by atoms with E-state index < -0.39 is 5.97 Å². The zero-order valence-corrected chi connectivity index (χ0v) is 17.6. The number of methoxy groups -OCH3 is 1. The number of benzene rings is 2. The van der Waals surface area contributed by atoms with Gasteiger partial charge in [-0.2, -0.15) is 0 Å². The van der Waals surface area contributed by atoms with Crippen molar-refractivity contribution in [3.05, 3.63) is 59.1 Å². The molecule has 29 heavy (non-hydrogen) atoms. The molecule has 5 nitrogen and oxygen atoms in total. The van der Waals surface area contributed by atoms with Gasteiger partial charge in [0, 0.05) is 42.9 Å². The van der Waals surface area contributed by atoms with E-state index in [-0.39, 0.29) is 6.42 Å². The average Bonchev–Trinajstić information content (AvgIpc) is 2.74. The molecule has 0 radical (unpaired) electrons. The first-order valence-electron chi connectivity index (χ1n) is 10.1. The molecule has 0 amide bonds. The van der Waals surface area contributed by atoms with Gasteiger partial charge in [0.2, 0.25) is 0 Å². The normalized spacial score (nSPS) is 14.9. The van der Waals surface area contributed by atoms with Gasteiger partial charge in [-0.05, 0) is 61.2 Å². The van der Waals surface area contributed by atoms with Crippen molar-refractivity contribution in [3.63, 3.8) is 0 Å². The maximum atomic E-state index is 11.1. The maximum absolute atomic E-state index is 11.1. The third-order valence-corrected chi connectivity index (χ3v) is 5.84. The van der Waals surface area contributed by atoms with E-state index in [1.165, 1.54) is 11.3 Å². The fourth-order valence-corrected chi connectivity index (χ4v) is 4.18. The first-order valence-corrected chi connectivity index (χ1v) is 10.5. The Kier molecular flexibility index (Phi) is 7.78. The molecule has 0 aromatic heterocycles. The lowest BCUT2D eigenvalue weighted by Crippen LogP contribution is -2.46. The second kappa shape index (κ2) is 10.5. The van der Waals surface area contributed by atoms with Crippen LogP contribution >= 0.6 is 11.6 Å². The third-order valence-electron chi connectivity index (χ3n) is 5.61. The SMILES string of the molecule is COc1ccc(N2CCC(N(CCC(=O)O)CCc3cccc(Cl)c3)CC2)cc1. The van der Waals surface area contributed by atoms with E-state index >= 15 is 0 Å². The molecule has 0 atom stereocenters. The molecule has 1 aliphatic heterocycles. The van der Waals surface area contributed by atoms with E-state index in [2.05, 4.69) is 28.0 Å². The van der Waals surface area contributed by atoms with Crippen LogP contribution in [0.2, 0.25) is 5.02 Å². The Bertz CT molecular complexity index is 789. The molecule has 0 bridgehead atoms. The fraction of sp³-hybridized carbons (Fsp3) is 0.435. The van der Waals surface area contributed by atoms with Crippen molar-refractivity contribution >= 4 is 23.3 Å². The Morgan fingerprint density at radius 2 is 1.90 bits per heavy atom. The van der Waals surface area contributed by atoms with Gasteiger partial charge in [0.1, 0.15) is 5.75 Å². The van der Waals surface area contributed by atoms with Crippen LogP contribution in [-0.4, -0.2) is 55.3 Å². The fourth-order valence-electron chi connectivity index (χ4n) is 3.96. The molecule has 156 valence electrons. The number of hydrogen-bond donors (Lipinski definition) is 1. The van der Waals surface area contributed by atoms with Crippen LogP contribution in [0.25, 0.3) is 0 Å². The maximum Gasteiger partial charge on any atom is 0.304 e. The highest BCUT2D eigenvalue weighted by Crippen LogP contribution is 2.25. The van der Waals surface area contributed by atoms with Crippen molar-refractivity contribution in [2.24, 2.45) is 0 Å². The number of carbonyl (C=O) groups is 1. The van der Waals surface area contributed by atoms with Gasteiger partial charge in [0.05, 0.1) is 13.5 Å². The summed E-state index contributed by atoms with van der Waals surface area (Å²) in [5.74, 6) is 0.123. The quantitative estimate of drug-likeness (QED) is 0.659. The molecule has 0 saturated carbocycles. The molecule has 0 spiro atoms. The standard InChI is InChI=1S/C23H29ClN2O3/c1-29-22-7-5-20(6-8-22)26-14-10-21(11-15-26)25(16-12-23(27)28)13-9-18-3-2-4-19(24)17-18/h2-8,17,21H,9-16H2,1H3,(H,27,28). The zero-order valence-electron chi connectivity index (χ0n) is 16.9. The summed E-state index contributed by atoms with van der Waals surface area (Å²) in [6, 6.07) is 16.5. The molecule has 1 N–H and O–H groups in total. The number of carboxylic acid groups (broad SMARTS) is 1. The number of ether oxygens (including phenoxy) is 1. The van der Waals surface area contributed by atoms with Gasteiger partial charge in [0.25, 0.3) is 0 Å². The van der Waals surface area contributed by atoms with Crippen LogP contribution in [0.1, 0.15) is 24.8 Å². The highest BCUT2D eigenvalue weighted by atomic mass is 35.5. The Labute approximate surface area is 177 Å². The average molecular weight is 417 g/mol. The van der Waals surface area contributed by atoms with Crippen molar-refractivity contribution < 1.29 is 14.6 Å². The van der Waals surface area contributed by atoms with Crippen molar-refractivity contribution in [1.82, 2.24) is 4.90 Å². The molecular weight excluding hydrogens is 388 g/mol. The van der Waals surface area contributed by atoms with Crippen LogP contribution in [0.3, 0.4) is 0 Å². The highest BCUT2D eigenvalue weighted by Gasteiger charge is 2.25. The van der Waals surface area contributed by atoms with Crippen LogP contribution in [0, 0.1) is 0 Å². The van der Waals surface area contributed by atoms with Gasteiger partial charge in [-0.25, -0.2) is 0 Å². The molecule has 2 aromatic rings. The summed E-state index contributed by atoms with van der Waals surface area (Å²) in [5, 5.41) is 9.90. The smallest absolute Gasteiger partial charge is 0.304 e. The van der Waals surface area contributed by atoms with Crippen LogP contribution in [0.4, 0.5) is 5.69 Å². The number of hydrogen-bond acceptors (Lipinski definition) is 4. The van der Waals surface area contributed by atoms with Gasteiger partial charge in [-0.1, -0.05) is 23.7 Å². The number of aliphatic carboxylic acids is 1. The van der Waals surface area contributed by atoms with Gasteiger partial charge < -0.3 is 14.7 Å². The summed E-state index contributed by atoms with van der Waals surface area (Å²) in [7, 11) is 1.68. The first-order chi connectivity index (χ1) is 14.0. The zero-order chi connectivity index (χ0) is 20.6. The Balaban J connectivity index is 1.58. The summed E-state index contributed by atoms with van der Waals surface area (Å²) < 4.78 is 5.24. The van der Waals surface area contributed by atoms with E-state index in [1.807, 2.05) is 30.3 Å². The molecule has 6 heteroatoms. The van der Waals surface area contributed by atoms with E-state index in [9.17, 15) is 4.79 Å². The summed E-state index contributed by atoms with van der Waals surface area (Å²) in [6.07, 6.45) is 3.11. The minimum atomic E-state index is -0.742. The molecule has 1 saturated heterocycles. The molecular formula is C23H29ClN2O3. The summed E-state index contributed by atoms with van der Waals surface area (Å²) in [6.45, 7) is 3.37. The second-order valence-electron chi connectivity index (χ2n) is 7.48. The van der Waals surface area contributed by atoms with Gasteiger partial charge in [-0.3, -0.25) is 9.69 Å². The van der Waals surface area contributed by atoms with Crippen LogP contribution < -0.4 is 9.64 Å². The monoisotopic (exact) mass is 416 g/mol. The lowest BCUT2D eigenvalue weighted by Gasteiger charge is -2.39. The number of rotatable bonds is 9. The van der Waals surface area contributed by atoms with Crippen LogP contribution in [0.5, 0.6) is 5.75 Å². The minimum Gasteiger partial charge on any atom is -0.497 e. The third kappa shape index (κ3) is 6.38. The molecule has 0 unspecified atom stereocenters. The number of carboxylic acids is 1. The van der Waals surface area contributed by atoms with E-state index in [4.69, 9.17) is 21.4 Å². The highest BCUT2D eigenvalue weighted by molar-refractivity contribution is 6.30. The number of nitrogens with zero attached hydrogens (tertiary/aromatic N) is 2. The van der Waals surface area contributed by atoms with Gasteiger partial charge in [-0.15, -0.1) is 0 Å². The molecule has 1 heterocycles. The number of piperidine rings is 1. The van der Waals surface area contributed by atoms with E-state index in [1.54, 1.807) is 7.11 Å². The van der Waals surface area contributed by atoms with Crippen molar-refractivity contribution in [2.45, 2.75) is 31.7 Å².